The van der Waals surface area contributed by atoms with Crippen molar-refractivity contribution in [3.8, 4) is 0 Å². The quantitative estimate of drug-likeness (QED) is 0.558. The van der Waals surface area contributed by atoms with Crippen LogP contribution in [-0.2, 0) is 10.0 Å². The summed E-state index contributed by atoms with van der Waals surface area (Å²) in [5, 5.41) is 0. The van der Waals surface area contributed by atoms with Crippen molar-refractivity contribution in [3.63, 3.8) is 0 Å². The molecule has 1 atom stereocenters. The largest absolute Gasteiger partial charge is 0.329 e. The Labute approximate surface area is 115 Å². The first-order valence-corrected chi connectivity index (χ1v) is 7.52. The molecule has 1 aliphatic heterocycles. The van der Waals surface area contributed by atoms with E-state index in [2.05, 4.69) is 4.98 Å². The Hall–Kier alpha value is -1.49. The molecule has 1 aromatic rings. The Bertz CT molecular complexity index is 694. The predicted octanol–water partition coefficient (Wildman–Crippen LogP) is -2.67. The number of nitrogens with one attached hydrogen (secondary N) is 2. The fourth-order valence-electron chi connectivity index (χ4n) is 2.22. The molecule has 0 amide bonds. The SMILES string of the molecule is CN1CCN(S(=O)(=O)c2c[nH]c(=O)[nH]c2=O)C(CN)C1. The molecule has 1 unspecified atom stereocenters. The van der Waals surface area contributed by atoms with Crippen LogP contribution >= 0.6 is 0 Å². The summed E-state index contributed by atoms with van der Waals surface area (Å²) < 4.78 is 26.2. The molecule has 10 heteroatoms. The van der Waals surface area contributed by atoms with Crippen molar-refractivity contribution in [2.24, 2.45) is 5.73 Å². The van der Waals surface area contributed by atoms with Gasteiger partial charge in [0.25, 0.3) is 5.56 Å². The molecule has 1 fully saturated rings. The Morgan fingerprint density at radius 3 is 2.70 bits per heavy atom. The highest BCUT2D eigenvalue weighted by atomic mass is 32.2. The second-order valence-corrected chi connectivity index (χ2v) is 6.56. The number of nitrogens with two attached hydrogens (primary N) is 1. The molecule has 0 spiro atoms. The van der Waals surface area contributed by atoms with Crippen LogP contribution in [0.25, 0.3) is 0 Å². The van der Waals surface area contributed by atoms with Gasteiger partial charge < -0.3 is 15.6 Å². The van der Waals surface area contributed by atoms with E-state index >= 15 is 0 Å². The van der Waals surface area contributed by atoms with Crippen LogP contribution in [0.1, 0.15) is 0 Å². The number of piperazine rings is 1. The maximum atomic E-state index is 12.5. The number of aromatic nitrogens is 2. The minimum atomic E-state index is -3.98. The van der Waals surface area contributed by atoms with Crippen molar-refractivity contribution >= 4 is 10.0 Å². The van der Waals surface area contributed by atoms with Gasteiger partial charge in [0.15, 0.2) is 4.90 Å². The van der Waals surface area contributed by atoms with E-state index in [0.29, 0.717) is 13.1 Å². The zero-order valence-corrected chi connectivity index (χ0v) is 11.8. The summed E-state index contributed by atoms with van der Waals surface area (Å²) in [5.74, 6) is 0. The van der Waals surface area contributed by atoms with Gasteiger partial charge in [-0.15, -0.1) is 0 Å². The fourth-order valence-corrected chi connectivity index (χ4v) is 3.83. The van der Waals surface area contributed by atoms with Crippen LogP contribution in [0.3, 0.4) is 0 Å². The van der Waals surface area contributed by atoms with Gasteiger partial charge in [-0.3, -0.25) is 9.78 Å². The summed E-state index contributed by atoms with van der Waals surface area (Å²) in [4.78, 5) is 28.2. The highest BCUT2D eigenvalue weighted by Crippen LogP contribution is 2.17. The summed E-state index contributed by atoms with van der Waals surface area (Å²) >= 11 is 0. The van der Waals surface area contributed by atoms with E-state index in [-0.39, 0.29) is 13.1 Å². The number of H-pyrrole nitrogens is 2. The Morgan fingerprint density at radius 2 is 2.10 bits per heavy atom. The average Bonchev–Trinajstić information content (AvgIpc) is 2.37. The molecule has 9 nitrogen and oxygen atoms in total. The third-order valence-electron chi connectivity index (χ3n) is 3.28. The molecule has 2 heterocycles. The second-order valence-electron chi connectivity index (χ2n) is 4.70. The van der Waals surface area contributed by atoms with Gasteiger partial charge in [0.05, 0.1) is 6.04 Å². The lowest BCUT2D eigenvalue weighted by atomic mass is 10.2. The lowest BCUT2D eigenvalue weighted by Crippen LogP contribution is -2.57. The van der Waals surface area contributed by atoms with Crippen LogP contribution in [0.2, 0.25) is 0 Å². The monoisotopic (exact) mass is 303 g/mol. The lowest BCUT2D eigenvalue weighted by molar-refractivity contribution is 0.164. The van der Waals surface area contributed by atoms with Crippen molar-refractivity contribution in [3.05, 3.63) is 27.0 Å². The Kier molecular flexibility index (Phi) is 4.09. The molecule has 1 aliphatic rings. The first-order chi connectivity index (χ1) is 9.36. The molecule has 0 aliphatic carbocycles. The molecule has 20 heavy (non-hydrogen) atoms. The number of aromatic amines is 2. The summed E-state index contributed by atoms with van der Waals surface area (Å²) in [6, 6.07) is -0.398. The van der Waals surface area contributed by atoms with Crippen LogP contribution in [0.5, 0.6) is 0 Å². The summed E-state index contributed by atoms with van der Waals surface area (Å²) in [6.45, 7) is 1.46. The number of likely N-dealkylation sites (N-methyl/N-ethyl adjacent to an activating group) is 1. The number of hydrogen-bond acceptors (Lipinski definition) is 6. The normalized spacial score (nSPS) is 22.0. The standard InChI is InChI=1S/C10H17N5O4S/c1-14-2-3-15(7(4-11)6-14)20(18,19)8-5-12-10(17)13-9(8)16/h5,7H,2-4,6,11H2,1H3,(H2,12,13,16,17). The predicted molar refractivity (Wildman–Crippen MR) is 71.9 cm³/mol. The first kappa shape index (κ1) is 14.9. The van der Waals surface area contributed by atoms with Crippen LogP contribution < -0.4 is 17.0 Å². The first-order valence-electron chi connectivity index (χ1n) is 6.08. The van der Waals surface area contributed by atoms with Crippen molar-refractivity contribution in [1.29, 1.82) is 0 Å². The van der Waals surface area contributed by atoms with Crippen molar-refractivity contribution in [1.82, 2.24) is 19.2 Å². The van der Waals surface area contributed by atoms with Crippen LogP contribution in [0.15, 0.2) is 20.7 Å². The van der Waals surface area contributed by atoms with Crippen molar-refractivity contribution in [2.75, 3.05) is 33.2 Å². The van der Waals surface area contributed by atoms with Gasteiger partial charge >= 0.3 is 5.69 Å². The fraction of sp³-hybridized carbons (Fsp3) is 0.600. The van der Waals surface area contributed by atoms with Gasteiger partial charge in [0.2, 0.25) is 10.0 Å². The van der Waals surface area contributed by atoms with E-state index in [1.165, 1.54) is 4.31 Å². The smallest absolute Gasteiger partial charge is 0.325 e. The average molecular weight is 303 g/mol. The van der Waals surface area contributed by atoms with Crippen LogP contribution in [0.4, 0.5) is 0 Å². The molecular weight excluding hydrogens is 286 g/mol. The van der Waals surface area contributed by atoms with Crippen molar-refractivity contribution in [2.45, 2.75) is 10.9 Å². The minimum Gasteiger partial charge on any atom is -0.329 e. The third kappa shape index (κ3) is 2.68. The number of rotatable bonds is 3. The van der Waals surface area contributed by atoms with E-state index in [1.54, 1.807) is 0 Å². The van der Waals surface area contributed by atoms with Gasteiger partial charge in [-0.2, -0.15) is 4.31 Å². The zero-order valence-electron chi connectivity index (χ0n) is 11.0. The molecule has 0 bridgehead atoms. The molecule has 112 valence electrons. The number of nitrogens with zero attached hydrogens (tertiary/aromatic N) is 2. The van der Waals surface area contributed by atoms with Gasteiger partial charge in [-0.25, -0.2) is 13.2 Å². The zero-order chi connectivity index (χ0) is 14.9. The molecule has 4 N–H and O–H groups in total. The van der Waals surface area contributed by atoms with Gasteiger partial charge in [-0.05, 0) is 7.05 Å². The molecule has 1 saturated heterocycles. The second kappa shape index (κ2) is 5.48. The van der Waals surface area contributed by atoms with Crippen LogP contribution in [0, 0.1) is 0 Å². The lowest BCUT2D eigenvalue weighted by Gasteiger charge is -2.38. The third-order valence-corrected chi connectivity index (χ3v) is 5.23. The van der Waals surface area contributed by atoms with Gasteiger partial charge in [0, 0.05) is 32.4 Å². The summed E-state index contributed by atoms with van der Waals surface area (Å²) in [5.41, 5.74) is 3.94. The van der Waals surface area contributed by atoms with Gasteiger partial charge in [-0.1, -0.05) is 0 Å². The van der Waals surface area contributed by atoms with E-state index < -0.39 is 32.2 Å². The highest BCUT2D eigenvalue weighted by molar-refractivity contribution is 7.89. The molecular formula is C10H17N5O4S. The molecule has 0 aromatic carbocycles. The topological polar surface area (TPSA) is 132 Å². The number of sulfonamides is 1. The minimum absolute atomic E-state index is 0.158. The highest BCUT2D eigenvalue weighted by Gasteiger charge is 2.36. The Balaban J connectivity index is 2.43. The van der Waals surface area contributed by atoms with E-state index in [4.69, 9.17) is 5.73 Å². The molecule has 1 aromatic heterocycles. The Morgan fingerprint density at radius 1 is 1.40 bits per heavy atom. The molecule has 0 saturated carbocycles. The maximum Gasteiger partial charge on any atom is 0.325 e. The van der Waals surface area contributed by atoms with Crippen molar-refractivity contribution < 1.29 is 8.42 Å². The maximum absolute atomic E-state index is 12.5. The van der Waals surface area contributed by atoms with Gasteiger partial charge in [0.1, 0.15) is 0 Å². The summed E-state index contributed by atoms with van der Waals surface area (Å²) in [7, 11) is -2.11. The van der Waals surface area contributed by atoms with E-state index in [0.717, 1.165) is 6.20 Å². The van der Waals surface area contributed by atoms with E-state index in [1.807, 2.05) is 16.9 Å². The van der Waals surface area contributed by atoms with Crippen LogP contribution in [-0.4, -0.2) is 66.9 Å². The summed E-state index contributed by atoms with van der Waals surface area (Å²) in [6.07, 6.45) is 0.919. The molecule has 2 rings (SSSR count). The molecule has 0 radical (unpaired) electrons. The van der Waals surface area contributed by atoms with E-state index in [9.17, 15) is 18.0 Å². The number of hydrogen-bond donors (Lipinski definition) is 3.